The molecule has 2 aromatic heterocycles. The normalized spacial score (nSPS) is 11.2. The summed E-state index contributed by atoms with van der Waals surface area (Å²) in [4.78, 5) is 12.8. The summed E-state index contributed by atoms with van der Waals surface area (Å²) in [6, 6.07) is 17.3. The van der Waals surface area contributed by atoms with Crippen molar-refractivity contribution in [2.45, 2.75) is 26.7 Å². The summed E-state index contributed by atoms with van der Waals surface area (Å²) in [5.41, 5.74) is 5.23. The maximum Gasteiger partial charge on any atom is 0.131 e. The van der Waals surface area contributed by atoms with E-state index in [0.29, 0.717) is 11.1 Å². The lowest BCUT2D eigenvalue weighted by Crippen LogP contribution is -1.91. The molecule has 2 aromatic carbocycles. The Hall–Kier alpha value is -3.47. The van der Waals surface area contributed by atoms with Gasteiger partial charge in [-0.25, -0.2) is 9.37 Å². The molecule has 0 saturated heterocycles. The summed E-state index contributed by atoms with van der Waals surface area (Å²) in [6.45, 7) is 6.09. The van der Waals surface area contributed by atoms with Crippen LogP contribution in [-0.4, -0.2) is 20.1 Å². The van der Waals surface area contributed by atoms with Gasteiger partial charge in [0.05, 0.1) is 17.1 Å². The molecule has 0 unspecified atom stereocenters. The van der Waals surface area contributed by atoms with E-state index in [0.717, 1.165) is 34.2 Å². The molecule has 5 heteroatoms. The zero-order chi connectivity index (χ0) is 20.5. The van der Waals surface area contributed by atoms with Crippen LogP contribution in [0.15, 0.2) is 60.7 Å². The van der Waals surface area contributed by atoms with Crippen molar-refractivity contribution in [1.82, 2.24) is 15.0 Å². The fraction of sp³-hybridized carbons (Fsp3) is 0.167. The first-order valence-electron chi connectivity index (χ1n) is 9.55. The molecule has 2 heterocycles. The lowest BCUT2D eigenvalue weighted by Gasteiger charge is -2.08. The van der Waals surface area contributed by atoms with Crippen molar-refractivity contribution >= 4 is 0 Å². The third-order valence-corrected chi connectivity index (χ3v) is 4.83. The summed E-state index contributed by atoms with van der Waals surface area (Å²) in [6.07, 6.45) is 0. The van der Waals surface area contributed by atoms with Gasteiger partial charge in [0.2, 0.25) is 0 Å². The van der Waals surface area contributed by atoms with E-state index in [2.05, 4.69) is 23.8 Å². The van der Waals surface area contributed by atoms with Gasteiger partial charge in [-0.1, -0.05) is 32.0 Å². The molecule has 4 rings (SSSR count). The van der Waals surface area contributed by atoms with Crippen LogP contribution >= 0.6 is 0 Å². The number of hydrogen-bond acceptors (Lipinski definition) is 3. The zero-order valence-corrected chi connectivity index (χ0v) is 16.6. The summed E-state index contributed by atoms with van der Waals surface area (Å²) in [7, 11) is 0. The third-order valence-electron chi connectivity index (χ3n) is 4.83. The van der Waals surface area contributed by atoms with Crippen LogP contribution in [0.4, 0.5) is 4.39 Å². The Labute approximate surface area is 169 Å². The monoisotopic (exact) mass is 387 g/mol. The second kappa shape index (κ2) is 7.51. The first kappa shape index (κ1) is 18.9. The number of phenols is 1. The fourth-order valence-electron chi connectivity index (χ4n) is 3.28. The average Bonchev–Trinajstić information content (AvgIpc) is 3.15. The lowest BCUT2D eigenvalue weighted by atomic mass is 9.99. The molecule has 0 aliphatic rings. The Kier molecular flexibility index (Phi) is 4.89. The first-order valence-corrected chi connectivity index (χ1v) is 9.55. The number of benzene rings is 2. The molecular formula is C24H22FN3O. The molecule has 0 fully saturated rings. The Morgan fingerprint density at radius 3 is 2.34 bits per heavy atom. The van der Waals surface area contributed by atoms with Crippen molar-refractivity contribution in [2.75, 3.05) is 0 Å². The number of phenolic OH excluding ortho intramolecular Hbond substituents is 1. The highest BCUT2D eigenvalue weighted by molar-refractivity contribution is 5.80. The summed E-state index contributed by atoms with van der Waals surface area (Å²) in [5, 5.41) is 9.53. The van der Waals surface area contributed by atoms with E-state index in [1.807, 2.05) is 25.1 Å². The molecular weight excluding hydrogens is 365 g/mol. The average molecular weight is 387 g/mol. The lowest BCUT2D eigenvalue weighted by molar-refractivity contribution is 0.475. The summed E-state index contributed by atoms with van der Waals surface area (Å²) in [5.74, 6) is 0.888. The fourth-order valence-corrected chi connectivity index (χ4v) is 3.28. The molecule has 0 aliphatic carbocycles. The quantitative estimate of drug-likeness (QED) is 0.446. The van der Waals surface area contributed by atoms with Crippen molar-refractivity contribution in [3.63, 3.8) is 0 Å². The SMILES string of the molecule is Cc1cccc(-c2[nH]c(C(C)C)nc2-c2ccc(F)c(-c3ccc(O)cc3)c2)n1. The van der Waals surface area contributed by atoms with Crippen molar-refractivity contribution in [2.24, 2.45) is 0 Å². The van der Waals surface area contributed by atoms with E-state index in [-0.39, 0.29) is 17.5 Å². The molecule has 4 nitrogen and oxygen atoms in total. The maximum absolute atomic E-state index is 14.6. The topological polar surface area (TPSA) is 61.8 Å². The van der Waals surface area contributed by atoms with Gasteiger partial charge < -0.3 is 10.1 Å². The number of halogens is 1. The number of pyridine rings is 1. The molecule has 146 valence electrons. The number of aromatic amines is 1. The van der Waals surface area contributed by atoms with E-state index in [4.69, 9.17) is 4.98 Å². The molecule has 0 radical (unpaired) electrons. The van der Waals surface area contributed by atoms with Crippen molar-refractivity contribution in [3.8, 4) is 39.5 Å². The van der Waals surface area contributed by atoms with Gasteiger partial charge in [-0.15, -0.1) is 0 Å². The number of aromatic nitrogens is 3. The van der Waals surface area contributed by atoms with Gasteiger partial charge in [0.25, 0.3) is 0 Å². The Morgan fingerprint density at radius 1 is 0.931 bits per heavy atom. The van der Waals surface area contributed by atoms with Crippen LogP contribution < -0.4 is 0 Å². The van der Waals surface area contributed by atoms with Gasteiger partial charge in [0.15, 0.2) is 0 Å². The predicted molar refractivity (Wildman–Crippen MR) is 113 cm³/mol. The second-order valence-electron chi connectivity index (χ2n) is 7.41. The summed E-state index contributed by atoms with van der Waals surface area (Å²) < 4.78 is 14.6. The van der Waals surface area contributed by atoms with Crippen molar-refractivity contribution in [1.29, 1.82) is 0 Å². The van der Waals surface area contributed by atoms with Gasteiger partial charge in [0, 0.05) is 22.7 Å². The highest BCUT2D eigenvalue weighted by Crippen LogP contribution is 2.34. The van der Waals surface area contributed by atoms with Crippen LogP contribution in [0, 0.1) is 12.7 Å². The number of hydrogen-bond donors (Lipinski definition) is 2. The Balaban J connectivity index is 1.88. The Bertz CT molecular complexity index is 1160. The standard InChI is InChI=1S/C24H22FN3O/c1-14(2)24-27-22(23(28-24)21-6-4-5-15(3)26-21)17-9-12-20(25)19(13-17)16-7-10-18(29)11-8-16/h4-14,29H,1-3H3,(H,27,28). The highest BCUT2D eigenvalue weighted by atomic mass is 19.1. The largest absolute Gasteiger partial charge is 0.508 e. The number of nitrogens with zero attached hydrogens (tertiary/aromatic N) is 2. The van der Waals surface area contributed by atoms with Gasteiger partial charge in [-0.2, -0.15) is 0 Å². The molecule has 4 aromatic rings. The minimum atomic E-state index is -0.325. The van der Waals surface area contributed by atoms with Crippen LogP contribution in [0.3, 0.4) is 0 Å². The highest BCUT2D eigenvalue weighted by Gasteiger charge is 2.18. The molecule has 0 atom stereocenters. The smallest absolute Gasteiger partial charge is 0.131 e. The molecule has 2 N–H and O–H groups in total. The minimum absolute atomic E-state index is 0.145. The van der Waals surface area contributed by atoms with E-state index >= 15 is 0 Å². The second-order valence-corrected chi connectivity index (χ2v) is 7.41. The van der Waals surface area contributed by atoms with Crippen LogP contribution in [0.2, 0.25) is 0 Å². The van der Waals surface area contributed by atoms with Gasteiger partial charge in [-0.3, -0.25) is 4.98 Å². The number of aromatic hydroxyl groups is 1. The van der Waals surface area contributed by atoms with Crippen molar-refractivity contribution < 1.29 is 9.50 Å². The van der Waals surface area contributed by atoms with Gasteiger partial charge in [-0.05, 0) is 55.0 Å². The first-order chi connectivity index (χ1) is 13.9. The van der Waals surface area contributed by atoms with Gasteiger partial charge >= 0.3 is 0 Å². The van der Waals surface area contributed by atoms with Crippen LogP contribution in [0.5, 0.6) is 5.75 Å². The molecule has 0 saturated carbocycles. The van der Waals surface area contributed by atoms with E-state index in [9.17, 15) is 9.50 Å². The van der Waals surface area contributed by atoms with E-state index in [1.165, 1.54) is 6.07 Å². The minimum Gasteiger partial charge on any atom is -0.508 e. The number of imidazole rings is 1. The maximum atomic E-state index is 14.6. The molecule has 29 heavy (non-hydrogen) atoms. The molecule has 0 aliphatic heterocycles. The van der Waals surface area contributed by atoms with Crippen LogP contribution in [0.25, 0.3) is 33.8 Å². The van der Waals surface area contributed by atoms with E-state index in [1.54, 1.807) is 36.4 Å². The number of aryl methyl sites for hydroxylation is 1. The molecule has 0 amide bonds. The number of nitrogens with one attached hydrogen (secondary N) is 1. The zero-order valence-electron chi connectivity index (χ0n) is 16.6. The van der Waals surface area contributed by atoms with Crippen LogP contribution in [-0.2, 0) is 0 Å². The van der Waals surface area contributed by atoms with Crippen LogP contribution in [0.1, 0.15) is 31.3 Å². The summed E-state index contributed by atoms with van der Waals surface area (Å²) >= 11 is 0. The number of rotatable bonds is 4. The van der Waals surface area contributed by atoms with Crippen molar-refractivity contribution in [3.05, 3.63) is 78.0 Å². The molecule has 0 spiro atoms. The third kappa shape index (κ3) is 3.76. The predicted octanol–water partition coefficient (Wildman–Crippen LogP) is 6.08. The van der Waals surface area contributed by atoms with Gasteiger partial charge in [0.1, 0.15) is 17.4 Å². The Morgan fingerprint density at radius 2 is 1.66 bits per heavy atom. The van der Waals surface area contributed by atoms with E-state index < -0.39 is 0 Å². The number of H-pyrrole nitrogens is 1. The molecule has 0 bridgehead atoms.